The number of nitrogens with zero attached hydrogens (tertiary/aromatic N) is 1. The van der Waals surface area contributed by atoms with Gasteiger partial charge in [0.1, 0.15) is 11.2 Å². The normalized spacial score (nSPS) is 12.1. The summed E-state index contributed by atoms with van der Waals surface area (Å²) in [7, 11) is 0. The van der Waals surface area contributed by atoms with Crippen molar-refractivity contribution in [2.45, 2.75) is 0 Å². The lowest BCUT2D eigenvalue weighted by atomic mass is 9.93. The van der Waals surface area contributed by atoms with Crippen LogP contribution >= 0.6 is 0 Å². The lowest BCUT2D eigenvalue weighted by Gasteiger charge is -2.13. The average molecular weight is 560 g/mol. The third kappa shape index (κ3) is 3.20. The van der Waals surface area contributed by atoms with Gasteiger partial charge in [0.05, 0.1) is 11.0 Å². The molecule has 2 nitrogen and oxygen atoms in total. The second-order valence-corrected chi connectivity index (χ2v) is 11.7. The van der Waals surface area contributed by atoms with Crippen molar-refractivity contribution in [1.29, 1.82) is 0 Å². The van der Waals surface area contributed by atoms with Gasteiger partial charge in [-0.3, -0.25) is 0 Å². The lowest BCUT2D eigenvalue weighted by Crippen LogP contribution is -1.94. The largest absolute Gasteiger partial charge is 0.456 e. The number of hydrogen-bond donors (Lipinski definition) is 0. The van der Waals surface area contributed by atoms with E-state index in [1.54, 1.807) is 0 Å². The van der Waals surface area contributed by atoms with Crippen LogP contribution in [0.25, 0.3) is 92.9 Å². The molecule has 44 heavy (non-hydrogen) atoms. The Balaban J connectivity index is 1.30. The first-order valence-electron chi connectivity index (χ1n) is 15.1. The Hall–Kier alpha value is -5.86. The fourth-order valence-corrected chi connectivity index (χ4v) is 7.47. The molecule has 0 atom stereocenters. The van der Waals surface area contributed by atoms with Crippen molar-refractivity contribution in [3.05, 3.63) is 152 Å². The second kappa shape index (κ2) is 8.82. The number of rotatable bonds is 2. The maximum Gasteiger partial charge on any atom is 0.136 e. The molecule has 0 N–H and O–H groups in total. The molecule has 0 aliphatic heterocycles. The quantitative estimate of drug-likeness (QED) is 0.193. The van der Waals surface area contributed by atoms with Crippen LogP contribution in [0.2, 0.25) is 0 Å². The Morgan fingerprint density at radius 2 is 0.955 bits per heavy atom. The molecule has 0 aliphatic rings. The van der Waals surface area contributed by atoms with E-state index in [9.17, 15) is 0 Å². The van der Waals surface area contributed by atoms with Crippen molar-refractivity contribution in [3.63, 3.8) is 0 Å². The maximum absolute atomic E-state index is 6.23. The zero-order valence-electron chi connectivity index (χ0n) is 23.8. The van der Waals surface area contributed by atoms with Crippen LogP contribution in [0, 0.1) is 0 Å². The van der Waals surface area contributed by atoms with Gasteiger partial charge in [0.25, 0.3) is 0 Å². The van der Waals surface area contributed by atoms with E-state index >= 15 is 0 Å². The van der Waals surface area contributed by atoms with E-state index in [1.165, 1.54) is 65.3 Å². The van der Waals surface area contributed by atoms with Crippen molar-refractivity contribution in [2.24, 2.45) is 0 Å². The molecule has 10 aromatic rings. The molecule has 2 heterocycles. The molecule has 2 heteroatoms. The summed E-state index contributed by atoms with van der Waals surface area (Å²) >= 11 is 0. The van der Waals surface area contributed by atoms with Crippen LogP contribution < -0.4 is 0 Å². The smallest absolute Gasteiger partial charge is 0.136 e. The van der Waals surface area contributed by atoms with Crippen LogP contribution in [0.3, 0.4) is 0 Å². The highest BCUT2D eigenvalue weighted by molar-refractivity contribution is 6.28. The highest BCUT2D eigenvalue weighted by Gasteiger charge is 2.17. The van der Waals surface area contributed by atoms with Crippen molar-refractivity contribution in [1.82, 2.24) is 4.57 Å². The van der Waals surface area contributed by atoms with Gasteiger partial charge < -0.3 is 8.98 Å². The molecule has 0 amide bonds. The van der Waals surface area contributed by atoms with E-state index in [0.717, 1.165) is 27.6 Å². The highest BCUT2D eigenvalue weighted by atomic mass is 16.3. The molecule has 0 spiro atoms. The minimum absolute atomic E-state index is 0.913. The van der Waals surface area contributed by atoms with Gasteiger partial charge in [0.2, 0.25) is 0 Å². The minimum atomic E-state index is 0.913. The van der Waals surface area contributed by atoms with Crippen LogP contribution in [0.15, 0.2) is 156 Å². The highest BCUT2D eigenvalue weighted by Crippen LogP contribution is 2.42. The molecular formula is C42H25NO. The Bertz CT molecular complexity index is 2780. The zero-order chi connectivity index (χ0) is 28.8. The van der Waals surface area contributed by atoms with Gasteiger partial charge in [-0.2, -0.15) is 0 Å². The van der Waals surface area contributed by atoms with Gasteiger partial charge in [-0.05, 0) is 85.9 Å². The second-order valence-electron chi connectivity index (χ2n) is 11.7. The van der Waals surface area contributed by atoms with Gasteiger partial charge in [0, 0.05) is 27.2 Å². The predicted molar refractivity (Wildman–Crippen MR) is 186 cm³/mol. The number of para-hydroxylation sites is 2. The SMILES string of the molecule is c1cc(-c2cccc3oc4ccccc4c23)cc(-n2c3ccccc3c3cc4c5ccccc5c5ccccc5c4cc32)c1. The summed E-state index contributed by atoms with van der Waals surface area (Å²) < 4.78 is 8.67. The van der Waals surface area contributed by atoms with Gasteiger partial charge in [-0.25, -0.2) is 0 Å². The fourth-order valence-electron chi connectivity index (χ4n) is 7.47. The molecule has 2 aromatic heterocycles. The average Bonchev–Trinajstić information content (AvgIpc) is 3.63. The van der Waals surface area contributed by atoms with Crippen LogP contribution in [-0.2, 0) is 0 Å². The third-order valence-electron chi connectivity index (χ3n) is 9.35. The van der Waals surface area contributed by atoms with Gasteiger partial charge >= 0.3 is 0 Å². The summed E-state index contributed by atoms with van der Waals surface area (Å²) in [4.78, 5) is 0. The summed E-state index contributed by atoms with van der Waals surface area (Å²) in [6, 6.07) is 54.9. The van der Waals surface area contributed by atoms with Crippen molar-refractivity contribution < 1.29 is 4.42 Å². The maximum atomic E-state index is 6.23. The predicted octanol–water partition coefficient (Wildman–Crippen LogP) is 11.8. The van der Waals surface area contributed by atoms with Crippen molar-refractivity contribution >= 4 is 76.1 Å². The number of benzene rings is 8. The molecule has 0 radical (unpaired) electrons. The molecule has 0 fully saturated rings. The third-order valence-corrected chi connectivity index (χ3v) is 9.35. The lowest BCUT2D eigenvalue weighted by molar-refractivity contribution is 0.669. The first-order valence-corrected chi connectivity index (χ1v) is 15.1. The molecule has 0 bridgehead atoms. The Labute approximate surface area is 253 Å². The fraction of sp³-hybridized carbons (Fsp3) is 0. The molecule has 0 unspecified atom stereocenters. The summed E-state index contributed by atoms with van der Waals surface area (Å²) in [5, 5.41) is 12.6. The standard InChI is InChI=1S/C42H25NO/c1-3-15-31-29(13-1)30-14-2-4-16-32(30)36-25-39-37(24-35(31)36)33-17-5-7-20-38(33)43(39)27-12-9-11-26(23-27)28-19-10-22-41-42(28)34-18-6-8-21-40(34)44-41/h1-25H. The zero-order valence-corrected chi connectivity index (χ0v) is 23.8. The first kappa shape index (κ1) is 23.7. The monoisotopic (exact) mass is 559 g/mol. The summed E-state index contributed by atoms with van der Waals surface area (Å²) in [6.07, 6.45) is 0. The number of furan rings is 1. The van der Waals surface area contributed by atoms with E-state index < -0.39 is 0 Å². The molecule has 0 aliphatic carbocycles. The first-order chi connectivity index (χ1) is 21.8. The van der Waals surface area contributed by atoms with E-state index in [1.807, 2.05) is 12.1 Å². The Morgan fingerprint density at radius 1 is 0.364 bits per heavy atom. The number of aromatic nitrogens is 1. The molecule has 0 saturated heterocycles. The van der Waals surface area contributed by atoms with Crippen molar-refractivity contribution in [2.75, 3.05) is 0 Å². The summed E-state index contributed by atoms with van der Waals surface area (Å²) in [5.41, 5.74) is 7.74. The van der Waals surface area contributed by atoms with Gasteiger partial charge in [0.15, 0.2) is 0 Å². The van der Waals surface area contributed by atoms with Gasteiger partial charge in [-0.1, -0.05) is 109 Å². The molecular weight excluding hydrogens is 534 g/mol. The Morgan fingerprint density at radius 3 is 1.73 bits per heavy atom. The molecule has 10 rings (SSSR count). The minimum Gasteiger partial charge on any atom is -0.456 e. The van der Waals surface area contributed by atoms with E-state index in [4.69, 9.17) is 4.42 Å². The van der Waals surface area contributed by atoms with Crippen LogP contribution in [0.5, 0.6) is 0 Å². The summed E-state index contributed by atoms with van der Waals surface area (Å²) in [6.45, 7) is 0. The summed E-state index contributed by atoms with van der Waals surface area (Å²) in [5.74, 6) is 0. The van der Waals surface area contributed by atoms with Crippen LogP contribution in [0.4, 0.5) is 0 Å². The van der Waals surface area contributed by atoms with Crippen LogP contribution in [0.1, 0.15) is 0 Å². The van der Waals surface area contributed by atoms with Crippen molar-refractivity contribution in [3.8, 4) is 16.8 Å². The topological polar surface area (TPSA) is 18.1 Å². The molecule has 204 valence electrons. The van der Waals surface area contributed by atoms with E-state index in [-0.39, 0.29) is 0 Å². The number of fused-ring (bicyclic) bond motifs is 12. The van der Waals surface area contributed by atoms with E-state index in [2.05, 4.69) is 144 Å². The number of hydrogen-bond acceptors (Lipinski definition) is 1. The Kier molecular flexibility index (Phi) is 4.75. The molecule has 8 aromatic carbocycles. The molecule has 0 saturated carbocycles. The van der Waals surface area contributed by atoms with Gasteiger partial charge in [-0.15, -0.1) is 0 Å². The van der Waals surface area contributed by atoms with Crippen LogP contribution in [-0.4, -0.2) is 4.57 Å². The van der Waals surface area contributed by atoms with E-state index in [0.29, 0.717) is 0 Å².